The molecule has 6 heteroatoms. The van der Waals surface area contributed by atoms with Gasteiger partial charge in [0, 0.05) is 12.3 Å². The fraction of sp³-hybridized carbons (Fsp3) is 0.455. The Morgan fingerprint density at radius 3 is 2.71 bits per heavy atom. The van der Waals surface area contributed by atoms with Crippen LogP contribution in [0.15, 0.2) is 18.2 Å². The molecule has 0 heterocycles. The third-order valence-electron chi connectivity index (χ3n) is 2.22. The number of rotatable bonds is 6. The lowest BCUT2D eigenvalue weighted by Crippen LogP contribution is -2.20. The van der Waals surface area contributed by atoms with Gasteiger partial charge in [0.05, 0.1) is 18.0 Å². The Bertz CT molecular complexity index is 472. The van der Waals surface area contributed by atoms with Gasteiger partial charge in [-0.2, -0.15) is 0 Å². The number of nitrogen functional groups attached to an aromatic ring is 1. The number of nitrogens with one attached hydrogen (secondary N) is 1. The molecule has 1 aromatic rings. The molecule has 1 aromatic carbocycles. The van der Waals surface area contributed by atoms with E-state index in [1.165, 1.54) is 0 Å². The van der Waals surface area contributed by atoms with Gasteiger partial charge in [0.2, 0.25) is 10.0 Å². The zero-order valence-corrected chi connectivity index (χ0v) is 10.9. The molecule has 0 aliphatic rings. The summed E-state index contributed by atoms with van der Waals surface area (Å²) >= 11 is 0. The maximum Gasteiger partial charge on any atom is 0.235 e. The normalized spacial score (nSPS) is 11.4. The fourth-order valence-electron chi connectivity index (χ4n) is 1.33. The average Bonchev–Trinajstić information content (AvgIpc) is 2.22. The third kappa shape index (κ3) is 4.62. The topological polar surface area (TPSA) is 81.4 Å². The fourth-order valence-corrected chi connectivity index (χ4v) is 2.34. The second kappa shape index (κ2) is 5.88. The van der Waals surface area contributed by atoms with Crippen molar-refractivity contribution >= 4 is 21.4 Å². The summed E-state index contributed by atoms with van der Waals surface area (Å²) in [6, 6.07) is 5.04. The number of ether oxygens (including phenoxy) is 1. The Balaban J connectivity index is 2.69. The molecule has 0 aliphatic heterocycles. The highest BCUT2D eigenvalue weighted by atomic mass is 32.2. The molecule has 0 saturated carbocycles. The number of nitrogens with two attached hydrogens (primary N) is 1. The summed E-state index contributed by atoms with van der Waals surface area (Å²) in [6.45, 7) is 4.33. The van der Waals surface area contributed by atoms with E-state index in [9.17, 15) is 8.42 Å². The third-order valence-corrected chi connectivity index (χ3v) is 3.45. The molecule has 0 fully saturated rings. The number of sulfonamides is 1. The van der Waals surface area contributed by atoms with Crippen molar-refractivity contribution in [3.8, 4) is 0 Å². The molecule has 0 aromatic heterocycles. The first kappa shape index (κ1) is 13.8. The molecule has 0 unspecified atom stereocenters. The number of aryl methyl sites for hydroxylation is 1. The van der Waals surface area contributed by atoms with Crippen molar-refractivity contribution in [3.05, 3.63) is 23.8 Å². The minimum atomic E-state index is -3.36. The van der Waals surface area contributed by atoms with E-state index >= 15 is 0 Å². The summed E-state index contributed by atoms with van der Waals surface area (Å²) in [5.41, 5.74) is 7.55. The van der Waals surface area contributed by atoms with Crippen molar-refractivity contribution < 1.29 is 13.2 Å². The number of hydrogen-bond acceptors (Lipinski definition) is 4. The maximum atomic E-state index is 11.7. The summed E-state index contributed by atoms with van der Waals surface area (Å²) in [4.78, 5) is 0. The van der Waals surface area contributed by atoms with E-state index in [0.717, 1.165) is 5.56 Å². The van der Waals surface area contributed by atoms with E-state index in [0.29, 0.717) is 18.0 Å². The standard InChI is InChI=1S/C11H18N2O3S/c1-3-16-6-7-17(14,15)13-11-5-4-10(12)8-9(11)2/h4-5,8,13H,3,6-7,12H2,1-2H3. The first-order valence-corrected chi connectivity index (χ1v) is 7.04. The van der Waals surface area contributed by atoms with Gasteiger partial charge in [-0.3, -0.25) is 4.72 Å². The molecule has 3 N–H and O–H groups in total. The predicted octanol–water partition coefficient (Wildman–Crippen LogP) is 1.36. The van der Waals surface area contributed by atoms with E-state index in [1.54, 1.807) is 25.1 Å². The van der Waals surface area contributed by atoms with Gasteiger partial charge >= 0.3 is 0 Å². The van der Waals surface area contributed by atoms with Crippen LogP contribution in [0.25, 0.3) is 0 Å². The summed E-state index contributed by atoms with van der Waals surface area (Å²) in [7, 11) is -3.36. The van der Waals surface area contributed by atoms with Crippen molar-refractivity contribution in [2.75, 3.05) is 29.4 Å². The van der Waals surface area contributed by atoms with Gasteiger partial charge in [0.15, 0.2) is 0 Å². The zero-order valence-electron chi connectivity index (χ0n) is 10.1. The highest BCUT2D eigenvalue weighted by Crippen LogP contribution is 2.18. The molecule has 0 radical (unpaired) electrons. The van der Waals surface area contributed by atoms with Crippen molar-refractivity contribution in [1.29, 1.82) is 0 Å². The Morgan fingerprint density at radius 2 is 2.12 bits per heavy atom. The molecule has 0 spiro atoms. The second-order valence-corrected chi connectivity index (χ2v) is 5.53. The van der Waals surface area contributed by atoms with Crippen LogP contribution in [0.5, 0.6) is 0 Å². The van der Waals surface area contributed by atoms with Crippen molar-refractivity contribution in [1.82, 2.24) is 0 Å². The van der Waals surface area contributed by atoms with Crippen LogP contribution in [-0.2, 0) is 14.8 Å². The summed E-state index contributed by atoms with van der Waals surface area (Å²) < 4.78 is 30.9. The zero-order chi connectivity index (χ0) is 12.9. The van der Waals surface area contributed by atoms with Crippen LogP contribution in [0.4, 0.5) is 11.4 Å². The Hall–Kier alpha value is -1.27. The number of anilines is 2. The predicted molar refractivity (Wildman–Crippen MR) is 69.5 cm³/mol. The minimum Gasteiger partial charge on any atom is -0.399 e. The first-order valence-electron chi connectivity index (χ1n) is 5.39. The summed E-state index contributed by atoms with van der Waals surface area (Å²) in [5.74, 6) is -0.0509. The van der Waals surface area contributed by atoms with E-state index in [2.05, 4.69) is 4.72 Å². The van der Waals surface area contributed by atoms with Crippen LogP contribution >= 0.6 is 0 Å². The van der Waals surface area contributed by atoms with Gasteiger partial charge in [-0.15, -0.1) is 0 Å². The molecule has 0 amide bonds. The molecular weight excluding hydrogens is 240 g/mol. The van der Waals surface area contributed by atoms with Crippen LogP contribution < -0.4 is 10.5 Å². The van der Waals surface area contributed by atoms with Gasteiger partial charge < -0.3 is 10.5 Å². The smallest absolute Gasteiger partial charge is 0.235 e. The molecule has 17 heavy (non-hydrogen) atoms. The first-order chi connectivity index (χ1) is 7.94. The van der Waals surface area contributed by atoms with Crippen LogP contribution in [0.1, 0.15) is 12.5 Å². The molecule has 5 nitrogen and oxygen atoms in total. The van der Waals surface area contributed by atoms with E-state index in [4.69, 9.17) is 10.5 Å². The molecule has 0 aliphatic carbocycles. The van der Waals surface area contributed by atoms with E-state index in [-0.39, 0.29) is 12.4 Å². The Morgan fingerprint density at radius 1 is 1.41 bits per heavy atom. The van der Waals surface area contributed by atoms with E-state index < -0.39 is 10.0 Å². The Labute approximate surface area is 102 Å². The Kier molecular flexibility index (Phi) is 4.77. The van der Waals surface area contributed by atoms with Gasteiger partial charge in [-0.1, -0.05) is 0 Å². The lowest BCUT2D eigenvalue weighted by molar-refractivity contribution is 0.163. The summed E-state index contributed by atoms with van der Waals surface area (Å²) in [5, 5.41) is 0. The maximum absolute atomic E-state index is 11.7. The largest absolute Gasteiger partial charge is 0.399 e. The SMILES string of the molecule is CCOCCS(=O)(=O)Nc1ccc(N)cc1C. The minimum absolute atomic E-state index is 0.0509. The summed E-state index contributed by atoms with van der Waals surface area (Å²) in [6.07, 6.45) is 0. The highest BCUT2D eigenvalue weighted by molar-refractivity contribution is 7.92. The van der Waals surface area contributed by atoms with Crippen molar-refractivity contribution in [2.45, 2.75) is 13.8 Å². The van der Waals surface area contributed by atoms with Gasteiger partial charge in [-0.25, -0.2) is 8.42 Å². The van der Waals surface area contributed by atoms with Crippen LogP contribution in [-0.4, -0.2) is 27.4 Å². The van der Waals surface area contributed by atoms with Gasteiger partial charge in [-0.05, 0) is 37.6 Å². The van der Waals surface area contributed by atoms with Gasteiger partial charge in [0.25, 0.3) is 0 Å². The lowest BCUT2D eigenvalue weighted by Gasteiger charge is -2.10. The van der Waals surface area contributed by atoms with Crippen LogP contribution in [0, 0.1) is 6.92 Å². The molecule has 96 valence electrons. The molecule has 1 rings (SSSR count). The van der Waals surface area contributed by atoms with Gasteiger partial charge in [0.1, 0.15) is 0 Å². The number of benzene rings is 1. The quantitative estimate of drug-likeness (QED) is 0.596. The molecular formula is C11H18N2O3S. The number of hydrogen-bond donors (Lipinski definition) is 2. The highest BCUT2D eigenvalue weighted by Gasteiger charge is 2.11. The van der Waals surface area contributed by atoms with Crippen LogP contribution in [0.3, 0.4) is 0 Å². The van der Waals surface area contributed by atoms with Crippen molar-refractivity contribution in [3.63, 3.8) is 0 Å². The molecule has 0 saturated heterocycles. The molecule has 0 bridgehead atoms. The van der Waals surface area contributed by atoms with E-state index in [1.807, 2.05) is 6.92 Å². The lowest BCUT2D eigenvalue weighted by atomic mass is 10.2. The van der Waals surface area contributed by atoms with Crippen LogP contribution in [0.2, 0.25) is 0 Å². The molecule has 0 atom stereocenters. The monoisotopic (exact) mass is 258 g/mol. The van der Waals surface area contributed by atoms with Crippen molar-refractivity contribution in [2.24, 2.45) is 0 Å². The average molecular weight is 258 g/mol. The second-order valence-electron chi connectivity index (χ2n) is 3.69.